The van der Waals surface area contributed by atoms with Crippen molar-refractivity contribution in [3.63, 3.8) is 0 Å². The first-order valence-corrected chi connectivity index (χ1v) is 7.95. The van der Waals surface area contributed by atoms with E-state index in [0.29, 0.717) is 17.3 Å². The van der Waals surface area contributed by atoms with E-state index in [9.17, 15) is 4.79 Å². The van der Waals surface area contributed by atoms with Gasteiger partial charge in [-0.1, -0.05) is 15.9 Å². The molecule has 5 heteroatoms. The van der Waals surface area contributed by atoms with Crippen LogP contribution in [0.5, 0.6) is 0 Å². The summed E-state index contributed by atoms with van der Waals surface area (Å²) in [6.07, 6.45) is 2.45. The highest BCUT2D eigenvalue weighted by molar-refractivity contribution is 9.10. The predicted octanol–water partition coefficient (Wildman–Crippen LogP) is 2.34. The van der Waals surface area contributed by atoms with Gasteiger partial charge in [-0.05, 0) is 44.5 Å². The number of anilines is 1. The van der Waals surface area contributed by atoms with E-state index in [-0.39, 0.29) is 11.9 Å². The highest BCUT2D eigenvalue weighted by Crippen LogP contribution is 2.27. The molecule has 1 amide bonds. The molecule has 2 saturated heterocycles. The lowest BCUT2D eigenvalue weighted by Crippen LogP contribution is -2.56. The van der Waals surface area contributed by atoms with Crippen LogP contribution in [0, 0.1) is 0 Å². The van der Waals surface area contributed by atoms with Gasteiger partial charge in [0.25, 0.3) is 5.91 Å². The van der Waals surface area contributed by atoms with E-state index >= 15 is 0 Å². The predicted molar refractivity (Wildman–Crippen MR) is 83.6 cm³/mol. The van der Waals surface area contributed by atoms with E-state index in [1.54, 1.807) is 6.07 Å². The zero-order chi connectivity index (χ0) is 14.3. The van der Waals surface area contributed by atoms with Gasteiger partial charge in [-0.3, -0.25) is 9.69 Å². The van der Waals surface area contributed by atoms with E-state index in [2.05, 4.69) is 27.8 Å². The Hall–Kier alpha value is -1.07. The average Bonchev–Trinajstić information content (AvgIpc) is 2.87. The Morgan fingerprint density at radius 1 is 1.40 bits per heavy atom. The van der Waals surface area contributed by atoms with Crippen molar-refractivity contribution in [3.8, 4) is 0 Å². The van der Waals surface area contributed by atoms with Crippen molar-refractivity contribution < 1.29 is 4.79 Å². The molecule has 2 unspecified atom stereocenters. The van der Waals surface area contributed by atoms with Crippen molar-refractivity contribution in [2.75, 3.05) is 25.4 Å². The highest BCUT2D eigenvalue weighted by atomic mass is 79.9. The molecule has 2 atom stereocenters. The van der Waals surface area contributed by atoms with E-state index in [1.165, 1.54) is 19.4 Å². The maximum absolute atomic E-state index is 12.8. The standard InChI is InChI=1S/C15H20BrN3O/c1-10-8-18-6-2-3-12(18)9-19(10)15(20)13-7-11(16)4-5-14(13)17/h4-5,7,10,12H,2-3,6,8-9,17H2,1H3. The Morgan fingerprint density at radius 2 is 2.20 bits per heavy atom. The van der Waals surface area contributed by atoms with Gasteiger partial charge in [0.2, 0.25) is 0 Å². The minimum atomic E-state index is 0.0582. The van der Waals surface area contributed by atoms with Crippen molar-refractivity contribution in [2.45, 2.75) is 31.8 Å². The van der Waals surface area contributed by atoms with Crippen LogP contribution in [-0.2, 0) is 0 Å². The Kier molecular flexibility index (Phi) is 3.73. The van der Waals surface area contributed by atoms with Crippen molar-refractivity contribution >= 4 is 27.5 Å². The molecular formula is C15H20BrN3O. The van der Waals surface area contributed by atoms with Gasteiger partial charge in [0.1, 0.15) is 0 Å². The Labute approximate surface area is 128 Å². The number of carbonyl (C=O) groups excluding carboxylic acids is 1. The average molecular weight is 338 g/mol. The second-order valence-corrected chi connectivity index (χ2v) is 6.74. The normalized spacial score (nSPS) is 26.6. The Morgan fingerprint density at radius 3 is 3.00 bits per heavy atom. The smallest absolute Gasteiger partial charge is 0.256 e. The highest BCUT2D eigenvalue weighted by Gasteiger charge is 2.37. The molecule has 0 saturated carbocycles. The van der Waals surface area contributed by atoms with E-state index in [4.69, 9.17) is 5.73 Å². The first-order valence-electron chi connectivity index (χ1n) is 7.16. The molecule has 2 fully saturated rings. The molecule has 0 aromatic heterocycles. The van der Waals surface area contributed by atoms with Crippen LogP contribution in [0.2, 0.25) is 0 Å². The molecular weight excluding hydrogens is 318 g/mol. The van der Waals surface area contributed by atoms with Gasteiger partial charge >= 0.3 is 0 Å². The molecule has 20 heavy (non-hydrogen) atoms. The maximum Gasteiger partial charge on any atom is 0.256 e. The van der Waals surface area contributed by atoms with Crippen molar-refractivity contribution in [1.29, 1.82) is 0 Å². The summed E-state index contributed by atoms with van der Waals surface area (Å²) in [6.45, 7) is 5.10. The van der Waals surface area contributed by atoms with Crippen molar-refractivity contribution in [3.05, 3.63) is 28.2 Å². The molecule has 1 aromatic rings. The van der Waals surface area contributed by atoms with Crippen LogP contribution in [-0.4, -0.2) is 47.4 Å². The molecule has 2 heterocycles. The van der Waals surface area contributed by atoms with E-state index in [0.717, 1.165) is 17.6 Å². The number of halogens is 1. The van der Waals surface area contributed by atoms with Crippen LogP contribution in [0.25, 0.3) is 0 Å². The monoisotopic (exact) mass is 337 g/mol. The minimum absolute atomic E-state index is 0.0582. The molecule has 2 aliphatic rings. The molecule has 4 nitrogen and oxygen atoms in total. The van der Waals surface area contributed by atoms with Gasteiger partial charge < -0.3 is 10.6 Å². The second kappa shape index (κ2) is 5.37. The van der Waals surface area contributed by atoms with E-state index < -0.39 is 0 Å². The largest absolute Gasteiger partial charge is 0.398 e. The maximum atomic E-state index is 12.8. The summed E-state index contributed by atoms with van der Waals surface area (Å²) >= 11 is 3.41. The summed E-state index contributed by atoms with van der Waals surface area (Å²) in [5.74, 6) is 0.0582. The lowest BCUT2D eigenvalue weighted by atomic mass is 10.1. The van der Waals surface area contributed by atoms with Crippen LogP contribution in [0.1, 0.15) is 30.1 Å². The third-order valence-corrected chi connectivity index (χ3v) is 4.94. The minimum Gasteiger partial charge on any atom is -0.398 e. The Bertz CT molecular complexity index is 534. The number of amides is 1. The number of piperazine rings is 1. The van der Waals surface area contributed by atoms with Gasteiger partial charge in [-0.25, -0.2) is 0 Å². The third kappa shape index (κ3) is 2.44. The molecule has 0 spiro atoms. The quantitative estimate of drug-likeness (QED) is 0.800. The van der Waals surface area contributed by atoms with Crippen molar-refractivity contribution in [2.24, 2.45) is 0 Å². The topological polar surface area (TPSA) is 49.6 Å². The molecule has 2 aliphatic heterocycles. The third-order valence-electron chi connectivity index (χ3n) is 4.44. The molecule has 0 bridgehead atoms. The summed E-state index contributed by atoms with van der Waals surface area (Å²) in [4.78, 5) is 17.3. The summed E-state index contributed by atoms with van der Waals surface area (Å²) in [5.41, 5.74) is 7.13. The fourth-order valence-corrected chi connectivity index (χ4v) is 3.70. The van der Waals surface area contributed by atoms with Crippen LogP contribution >= 0.6 is 15.9 Å². The molecule has 1 aromatic carbocycles. The first-order chi connectivity index (χ1) is 9.56. The van der Waals surface area contributed by atoms with Gasteiger partial charge in [0.15, 0.2) is 0 Å². The summed E-state index contributed by atoms with van der Waals surface area (Å²) in [5, 5.41) is 0. The molecule has 2 N–H and O–H groups in total. The summed E-state index contributed by atoms with van der Waals surface area (Å²) in [6, 6.07) is 6.25. The lowest BCUT2D eigenvalue weighted by Gasteiger charge is -2.42. The van der Waals surface area contributed by atoms with Gasteiger partial charge in [-0.2, -0.15) is 0 Å². The number of hydrogen-bond acceptors (Lipinski definition) is 3. The number of carbonyl (C=O) groups is 1. The molecule has 0 aliphatic carbocycles. The van der Waals surface area contributed by atoms with Gasteiger partial charge in [-0.15, -0.1) is 0 Å². The number of hydrogen-bond donors (Lipinski definition) is 1. The SMILES string of the molecule is CC1CN2CCCC2CN1C(=O)c1cc(Br)ccc1N. The molecule has 108 valence electrons. The summed E-state index contributed by atoms with van der Waals surface area (Å²) in [7, 11) is 0. The number of fused-ring (bicyclic) bond motifs is 1. The fraction of sp³-hybridized carbons (Fsp3) is 0.533. The first kappa shape index (κ1) is 13.9. The summed E-state index contributed by atoms with van der Waals surface area (Å²) < 4.78 is 0.891. The molecule has 3 rings (SSSR count). The van der Waals surface area contributed by atoms with Crippen LogP contribution in [0.3, 0.4) is 0 Å². The van der Waals surface area contributed by atoms with Crippen LogP contribution in [0.15, 0.2) is 22.7 Å². The number of nitrogens with zero attached hydrogens (tertiary/aromatic N) is 2. The fourth-order valence-electron chi connectivity index (χ4n) is 3.34. The van der Waals surface area contributed by atoms with Crippen LogP contribution in [0.4, 0.5) is 5.69 Å². The van der Waals surface area contributed by atoms with Crippen molar-refractivity contribution in [1.82, 2.24) is 9.80 Å². The van der Waals surface area contributed by atoms with Gasteiger partial charge in [0, 0.05) is 35.3 Å². The zero-order valence-corrected chi connectivity index (χ0v) is 13.3. The number of rotatable bonds is 1. The number of nitrogen functional groups attached to an aromatic ring is 1. The van der Waals surface area contributed by atoms with Gasteiger partial charge in [0.05, 0.1) is 5.56 Å². The molecule has 0 radical (unpaired) electrons. The second-order valence-electron chi connectivity index (χ2n) is 5.83. The van der Waals surface area contributed by atoms with Crippen LogP contribution < -0.4 is 5.73 Å². The zero-order valence-electron chi connectivity index (χ0n) is 11.7. The Balaban J connectivity index is 1.84. The number of benzene rings is 1. The number of nitrogens with two attached hydrogens (primary N) is 1. The van der Waals surface area contributed by atoms with E-state index in [1.807, 2.05) is 17.0 Å². The lowest BCUT2D eigenvalue weighted by molar-refractivity contribution is 0.0396.